The number of rotatable bonds is 24. The molecule has 0 fully saturated rings. The summed E-state index contributed by atoms with van der Waals surface area (Å²) >= 11 is 4.25. The Morgan fingerprint density at radius 1 is 0.878 bits per heavy atom. The summed E-state index contributed by atoms with van der Waals surface area (Å²) in [6, 6.07) is 6.50. The van der Waals surface area contributed by atoms with Crippen molar-refractivity contribution in [1.29, 1.82) is 0 Å². The maximum atomic E-state index is 13.3. The number of carbonyl (C=O) groups excluding carboxylic acids is 6. The molecule has 15 heteroatoms. The van der Waals surface area contributed by atoms with Crippen molar-refractivity contribution in [3.63, 3.8) is 0 Å². The number of carbonyl (C=O) groups is 6. The predicted octanol–water partition coefficient (Wildman–Crippen LogP) is 0.354. The van der Waals surface area contributed by atoms with Crippen LogP contribution in [0, 0.1) is 23.7 Å². The Kier molecular flexibility index (Phi) is 19.9. The fourth-order valence-electron chi connectivity index (χ4n) is 5.21. The van der Waals surface area contributed by atoms with Gasteiger partial charge >= 0.3 is 0 Å². The fraction of sp³-hybridized carbons (Fsp3) is 0.618. The highest BCUT2D eigenvalue weighted by atomic mass is 32.1. The van der Waals surface area contributed by atoms with Crippen LogP contribution in [0.3, 0.4) is 0 Å². The van der Waals surface area contributed by atoms with Crippen LogP contribution in [0.2, 0.25) is 0 Å². The van der Waals surface area contributed by atoms with Crippen LogP contribution in [0.1, 0.15) is 71.8 Å². The highest BCUT2D eigenvalue weighted by Crippen LogP contribution is 2.21. The van der Waals surface area contributed by atoms with Gasteiger partial charge in [-0.3, -0.25) is 33.8 Å². The summed E-state index contributed by atoms with van der Waals surface area (Å²) in [5.74, 6) is -4.85. The second kappa shape index (κ2) is 22.6. The first-order valence-corrected chi connectivity index (χ1v) is 17.4. The van der Waals surface area contributed by atoms with Crippen molar-refractivity contribution in [3.05, 3.63) is 35.9 Å². The molecule has 0 aliphatic rings. The lowest BCUT2D eigenvalue weighted by atomic mass is 9.85. The van der Waals surface area contributed by atoms with Gasteiger partial charge in [0.25, 0.3) is 0 Å². The highest BCUT2D eigenvalue weighted by Gasteiger charge is 2.32. The number of hydrogen-bond acceptors (Lipinski definition) is 9. The summed E-state index contributed by atoms with van der Waals surface area (Å²) in [7, 11) is 0. The van der Waals surface area contributed by atoms with Gasteiger partial charge in [0.2, 0.25) is 23.6 Å². The Labute approximate surface area is 295 Å². The Bertz CT molecular complexity index is 1270. The van der Waals surface area contributed by atoms with Gasteiger partial charge in [-0.2, -0.15) is 12.6 Å². The number of thiol groups is 1. The maximum absolute atomic E-state index is 13.3. The quantitative estimate of drug-likeness (QED) is 0.0319. The van der Waals surface area contributed by atoms with E-state index < -0.39 is 59.4 Å². The molecule has 11 N–H and O–H groups in total. The number of Topliss-reactive ketones (excluding diaryl/α,β-unsaturated/α-hetero) is 2. The molecule has 14 nitrogen and oxygen atoms in total. The maximum Gasteiger partial charge on any atom is 0.240 e. The zero-order valence-electron chi connectivity index (χ0n) is 29.2. The molecule has 0 aliphatic heterocycles. The molecule has 0 heterocycles. The number of guanidine groups is 1. The lowest BCUT2D eigenvalue weighted by Gasteiger charge is -2.25. The molecule has 1 aromatic rings. The third-order valence-corrected chi connectivity index (χ3v) is 8.65. The lowest BCUT2D eigenvalue weighted by Crippen LogP contribution is -2.51. The number of benzene rings is 1. The number of ketones is 2. The van der Waals surface area contributed by atoms with Crippen LogP contribution in [0.4, 0.5) is 0 Å². The van der Waals surface area contributed by atoms with E-state index in [1.165, 1.54) is 0 Å². The van der Waals surface area contributed by atoms with Gasteiger partial charge in [0, 0.05) is 37.0 Å². The molecule has 0 spiro atoms. The number of nitrogens with two attached hydrogens (primary N) is 4. The van der Waals surface area contributed by atoms with Gasteiger partial charge in [-0.1, -0.05) is 64.4 Å². The smallest absolute Gasteiger partial charge is 0.240 e. The van der Waals surface area contributed by atoms with Gasteiger partial charge in [-0.05, 0) is 43.1 Å². The van der Waals surface area contributed by atoms with E-state index in [0.29, 0.717) is 19.3 Å². The Morgan fingerprint density at radius 2 is 1.51 bits per heavy atom. The Morgan fingerprint density at radius 3 is 2.06 bits per heavy atom. The van der Waals surface area contributed by atoms with E-state index >= 15 is 0 Å². The zero-order valence-corrected chi connectivity index (χ0v) is 30.0. The minimum atomic E-state index is -0.961. The van der Waals surface area contributed by atoms with Crippen LogP contribution in [0.25, 0.3) is 0 Å². The first-order valence-electron chi connectivity index (χ1n) is 16.8. The van der Waals surface area contributed by atoms with E-state index in [1.54, 1.807) is 0 Å². The number of hydrogen-bond donors (Lipinski definition) is 8. The molecule has 4 amide bonds. The van der Waals surface area contributed by atoms with Crippen LogP contribution in [-0.2, 0) is 35.2 Å². The van der Waals surface area contributed by atoms with Crippen molar-refractivity contribution in [2.24, 2.45) is 51.6 Å². The predicted molar refractivity (Wildman–Crippen MR) is 193 cm³/mol. The van der Waals surface area contributed by atoms with Crippen molar-refractivity contribution in [2.75, 3.05) is 18.8 Å². The van der Waals surface area contributed by atoms with Gasteiger partial charge in [0.1, 0.15) is 6.04 Å². The van der Waals surface area contributed by atoms with Gasteiger partial charge in [0.05, 0.1) is 18.6 Å². The molecule has 0 saturated heterocycles. The molecule has 1 rings (SSSR count). The number of amides is 4. The fourth-order valence-corrected chi connectivity index (χ4v) is 5.50. The molecule has 0 aliphatic carbocycles. The first-order chi connectivity index (χ1) is 23.1. The monoisotopic (exact) mass is 704 g/mol. The molecule has 0 unspecified atom stereocenters. The molecule has 0 bridgehead atoms. The van der Waals surface area contributed by atoms with E-state index in [9.17, 15) is 28.8 Å². The third kappa shape index (κ3) is 16.8. The van der Waals surface area contributed by atoms with E-state index in [1.807, 2.05) is 58.0 Å². The average Bonchev–Trinajstić information content (AvgIpc) is 3.05. The van der Waals surface area contributed by atoms with Crippen LogP contribution in [0.15, 0.2) is 35.3 Å². The number of primary amides is 1. The summed E-state index contributed by atoms with van der Waals surface area (Å²) in [5, 5.41) is 7.95. The lowest BCUT2D eigenvalue weighted by molar-refractivity contribution is -0.134. The number of nitrogens with zero attached hydrogens (tertiary/aromatic N) is 1. The molecule has 0 aromatic heterocycles. The summed E-state index contributed by atoms with van der Waals surface area (Å²) in [4.78, 5) is 81.5. The standard InChI is InChI=1S/C34H56N8O6S/c1-5-21(4)25(17-29(44)28(19-49)42-33(48)26(35)15-22-10-7-6-8-11-22)32(47)40-18-24(43)16-23(12-9-13-39-34(37)38)31(46)41-27(30(36)45)14-20(2)3/h6-8,10-11,20-21,23,25-28,49H,5,9,12-19,35H2,1-4H3,(H2,36,45)(H,40,47)(H,41,46)(H,42,48)(H4,37,38,39)/t21-,23+,25-,26+,27-,28-/m1/s1. The van der Waals surface area contributed by atoms with Crippen LogP contribution in [0.5, 0.6) is 0 Å². The van der Waals surface area contributed by atoms with Crippen molar-refractivity contribution in [2.45, 2.75) is 90.8 Å². The van der Waals surface area contributed by atoms with E-state index in [-0.39, 0.29) is 68.1 Å². The van der Waals surface area contributed by atoms with Crippen molar-refractivity contribution >= 4 is 53.8 Å². The van der Waals surface area contributed by atoms with Crippen LogP contribution >= 0.6 is 12.6 Å². The number of nitrogens with one attached hydrogen (secondary N) is 3. The Balaban J connectivity index is 2.91. The van der Waals surface area contributed by atoms with Gasteiger partial charge in [-0.25, -0.2) is 0 Å². The number of aliphatic imine (C=N–C) groups is 1. The molecule has 6 atom stereocenters. The summed E-state index contributed by atoms with van der Waals surface area (Å²) in [6.07, 6.45) is 1.42. The van der Waals surface area contributed by atoms with Crippen molar-refractivity contribution < 1.29 is 28.8 Å². The summed E-state index contributed by atoms with van der Waals surface area (Å²) < 4.78 is 0. The minimum Gasteiger partial charge on any atom is -0.370 e. The zero-order chi connectivity index (χ0) is 37.1. The molecular weight excluding hydrogens is 648 g/mol. The highest BCUT2D eigenvalue weighted by molar-refractivity contribution is 7.80. The largest absolute Gasteiger partial charge is 0.370 e. The average molecular weight is 705 g/mol. The van der Waals surface area contributed by atoms with Gasteiger partial charge < -0.3 is 38.9 Å². The molecule has 1 aromatic carbocycles. The van der Waals surface area contributed by atoms with E-state index in [2.05, 4.69) is 33.6 Å². The molecule has 274 valence electrons. The van der Waals surface area contributed by atoms with Crippen molar-refractivity contribution in [3.8, 4) is 0 Å². The summed E-state index contributed by atoms with van der Waals surface area (Å²) in [5.41, 5.74) is 23.2. The summed E-state index contributed by atoms with van der Waals surface area (Å²) in [6.45, 7) is 7.35. The second-order valence-corrected chi connectivity index (χ2v) is 13.3. The van der Waals surface area contributed by atoms with Gasteiger partial charge in [-0.15, -0.1) is 0 Å². The molecule has 0 radical (unpaired) electrons. The van der Waals surface area contributed by atoms with Gasteiger partial charge in [0.15, 0.2) is 17.5 Å². The van der Waals surface area contributed by atoms with E-state index in [4.69, 9.17) is 22.9 Å². The topological polar surface area (TPSA) is 255 Å². The van der Waals surface area contributed by atoms with Crippen molar-refractivity contribution in [1.82, 2.24) is 16.0 Å². The minimum absolute atomic E-state index is 0.0103. The molecule has 0 saturated carbocycles. The Hall–Kier alpha value is -3.98. The molecule has 49 heavy (non-hydrogen) atoms. The van der Waals surface area contributed by atoms with E-state index in [0.717, 1.165) is 5.56 Å². The normalized spacial score (nSPS) is 14.8. The van der Waals surface area contributed by atoms with Crippen LogP contribution in [-0.4, -0.2) is 78.1 Å². The van der Waals surface area contributed by atoms with Crippen LogP contribution < -0.4 is 38.9 Å². The second-order valence-electron chi connectivity index (χ2n) is 12.9. The molecular formula is C34H56N8O6S. The third-order valence-electron chi connectivity index (χ3n) is 8.29. The first kappa shape index (κ1) is 43.0. The SMILES string of the molecule is CC[C@@H](C)[C@@H](CC(=O)[C@@H](CS)NC(=O)[C@@H](N)Cc1ccccc1)C(=O)NCC(=O)C[C@H](CCCN=C(N)N)C(=O)N[C@H](CC(C)C)C(N)=O.